The lowest BCUT2D eigenvalue weighted by atomic mass is 10.2. The minimum Gasteiger partial charge on any atom is -0.444 e. The molecule has 0 unspecified atom stereocenters. The van der Waals surface area contributed by atoms with Crippen LogP contribution >= 0.6 is 11.8 Å². The summed E-state index contributed by atoms with van der Waals surface area (Å²) in [6.07, 6.45) is -0.298. The van der Waals surface area contributed by atoms with Crippen molar-refractivity contribution in [2.24, 2.45) is 0 Å². The molecule has 70 valence electrons. The Morgan fingerprint density at radius 2 is 2.08 bits per heavy atom. The smallest absolute Gasteiger partial charge is 0.407 e. The van der Waals surface area contributed by atoms with Gasteiger partial charge in [-0.05, 0) is 20.8 Å². The number of nitrogens with one attached hydrogen (secondary N) is 1. The second-order valence-electron chi connectivity index (χ2n) is 3.88. The summed E-state index contributed by atoms with van der Waals surface area (Å²) in [5.41, 5.74) is -0.388. The Labute approximate surface area is 77.2 Å². The molecule has 0 atom stereocenters. The van der Waals surface area contributed by atoms with Crippen molar-refractivity contribution in [3.05, 3.63) is 0 Å². The van der Waals surface area contributed by atoms with Crippen LogP contribution in [0.15, 0.2) is 0 Å². The summed E-state index contributed by atoms with van der Waals surface area (Å²) in [6.45, 7) is 5.59. The number of thioether (sulfide) groups is 1. The Hall–Kier alpha value is -0.380. The molecule has 0 aromatic rings. The van der Waals surface area contributed by atoms with Crippen molar-refractivity contribution in [1.82, 2.24) is 5.32 Å². The Balaban J connectivity index is 2.19. The molecular formula is C8H15NO2S. The highest BCUT2D eigenvalue weighted by molar-refractivity contribution is 8.00. The molecule has 0 radical (unpaired) electrons. The molecule has 1 aliphatic rings. The fourth-order valence-electron chi connectivity index (χ4n) is 0.793. The molecule has 1 aliphatic heterocycles. The van der Waals surface area contributed by atoms with Crippen molar-refractivity contribution in [3.8, 4) is 0 Å². The van der Waals surface area contributed by atoms with Crippen LogP contribution in [-0.2, 0) is 4.74 Å². The summed E-state index contributed by atoms with van der Waals surface area (Å²) in [7, 11) is 0. The number of amides is 1. The molecule has 0 aliphatic carbocycles. The highest BCUT2D eigenvalue weighted by atomic mass is 32.2. The van der Waals surface area contributed by atoms with Crippen molar-refractivity contribution in [2.45, 2.75) is 32.4 Å². The summed E-state index contributed by atoms with van der Waals surface area (Å²) in [5.74, 6) is 2.03. The van der Waals surface area contributed by atoms with Crippen LogP contribution in [0.25, 0.3) is 0 Å². The molecule has 4 heteroatoms. The highest BCUT2D eigenvalue weighted by Crippen LogP contribution is 2.17. The van der Waals surface area contributed by atoms with Crippen molar-refractivity contribution in [3.63, 3.8) is 0 Å². The fourth-order valence-corrected chi connectivity index (χ4v) is 1.43. The maximum atomic E-state index is 11.1. The van der Waals surface area contributed by atoms with Crippen LogP contribution in [0.3, 0.4) is 0 Å². The lowest BCUT2D eigenvalue weighted by Gasteiger charge is -2.27. The largest absolute Gasteiger partial charge is 0.444 e. The van der Waals surface area contributed by atoms with E-state index in [1.54, 1.807) is 0 Å². The molecule has 0 bridgehead atoms. The van der Waals surface area contributed by atoms with Gasteiger partial charge in [-0.3, -0.25) is 0 Å². The Kier molecular flexibility index (Phi) is 2.88. The minimum absolute atomic E-state index is 0.298. The first-order valence-electron chi connectivity index (χ1n) is 4.04. The van der Waals surface area contributed by atoms with Gasteiger partial charge < -0.3 is 10.1 Å². The molecular weight excluding hydrogens is 174 g/mol. The molecule has 3 nitrogen and oxygen atoms in total. The first-order valence-corrected chi connectivity index (χ1v) is 5.20. The van der Waals surface area contributed by atoms with E-state index >= 15 is 0 Å². The van der Waals surface area contributed by atoms with Crippen molar-refractivity contribution in [2.75, 3.05) is 11.5 Å². The van der Waals surface area contributed by atoms with Crippen molar-refractivity contribution < 1.29 is 9.53 Å². The highest BCUT2D eigenvalue weighted by Gasteiger charge is 2.23. The Morgan fingerprint density at radius 1 is 1.50 bits per heavy atom. The summed E-state index contributed by atoms with van der Waals surface area (Å²) in [4.78, 5) is 11.1. The predicted molar refractivity (Wildman–Crippen MR) is 50.5 cm³/mol. The molecule has 1 fully saturated rings. The van der Waals surface area contributed by atoms with E-state index in [1.807, 2.05) is 32.5 Å². The Bertz CT molecular complexity index is 172. The third kappa shape index (κ3) is 3.34. The van der Waals surface area contributed by atoms with Gasteiger partial charge in [0.15, 0.2) is 0 Å². The number of hydrogen-bond acceptors (Lipinski definition) is 3. The van der Waals surface area contributed by atoms with Gasteiger partial charge in [0.05, 0.1) is 6.04 Å². The molecule has 1 saturated heterocycles. The van der Waals surface area contributed by atoms with Crippen LogP contribution in [0.2, 0.25) is 0 Å². The SMILES string of the molecule is CC(C)(C)OC(=O)NC1CSC1. The average Bonchev–Trinajstić information content (AvgIpc) is 1.74. The van der Waals surface area contributed by atoms with E-state index in [0.717, 1.165) is 11.5 Å². The quantitative estimate of drug-likeness (QED) is 0.681. The van der Waals surface area contributed by atoms with Gasteiger partial charge in [-0.1, -0.05) is 0 Å². The van der Waals surface area contributed by atoms with E-state index in [1.165, 1.54) is 0 Å². The zero-order valence-corrected chi connectivity index (χ0v) is 8.53. The minimum atomic E-state index is -0.388. The normalized spacial score (nSPS) is 18.2. The van der Waals surface area contributed by atoms with Gasteiger partial charge in [0.2, 0.25) is 0 Å². The van der Waals surface area contributed by atoms with Crippen LogP contribution < -0.4 is 5.32 Å². The van der Waals surface area contributed by atoms with Gasteiger partial charge in [0.25, 0.3) is 0 Å². The molecule has 1 heterocycles. The monoisotopic (exact) mass is 189 g/mol. The lowest BCUT2D eigenvalue weighted by Crippen LogP contribution is -2.45. The molecule has 12 heavy (non-hydrogen) atoms. The van der Waals surface area contributed by atoms with Gasteiger partial charge in [0, 0.05) is 11.5 Å². The fraction of sp³-hybridized carbons (Fsp3) is 0.875. The van der Waals surface area contributed by atoms with Gasteiger partial charge in [-0.15, -0.1) is 0 Å². The molecule has 1 N–H and O–H groups in total. The van der Waals surface area contributed by atoms with E-state index in [4.69, 9.17) is 4.74 Å². The van der Waals surface area contributed by atoms with Crippen LogP contribution in [0.4, 0.5) is 4.79 Å². The molecule has 0 aromatic carbocycles. The first-order chi connectivity index (χ1) is 5.47. The molecule has 1 amide bonds. The summed E-state index contributed by atoms with van der Waals surface area (Å²) >= 11 is 1.83. The van der Waals surface area contributed by atoms with Gasteiger partial charge in [-0.2, -0.15) is 11.8 Å². The zero-order valence-electron chi connectivity index (χ0n) is 7.72. The third-order valence-electron chi connectivity index (χ3n) is 1.36. The molecule has 0 aromatic heterocycles. The van der Waals surface area contributed by atoms with Crippen molar-refractivity contribution >= 4 is 17.9 Å². The van der Waals surface area contributed by atoms with Crippen LogP contribution in [-0.4, -0.2) is 29.2 Å². The lowest BCUT2D eigenvalue weighted by molar-refractivity contribution is 0.0512. The molecule has 0 spiro atoms. The van der Waals surface area contributed by atoms with Crippen molar-refractivity contribution in [1.29, 1.82) is 0 Å². The van der Waals surface area contributed by atoms with Crippen LogP contribution in [0.1, 0.15) is 20.8 Å². The van der Waals surface area contributed by atoms with Crippen LogP contribution in [0.5, 0.6) is 0 Å². The topological polar surface area (TPSA) is 38.3 Å². The second kappa shape index (κ2) is 3.56. The predicted octanol–water partition coefficient (Wildman–Crippen LogP) is 1.63. The van der Waals surface area contributed by atoms with E-state index in [0.29, 0.717) is 6.04 Å². The van der Waals surface area contributed by atoms with E-state index in [2.05, 4.69) is 5.32 Å². The van der Waals surface area contributed by atoms with E-state index in [-0.39, 0.29) is 11.7 Å². The van der Waals surface area contributed by atoms with Gasteiger partial charge in [0.1, 0.15) is 5.60 Å². The van der Waals surface area contributed by atoms with E-state index < -0.39 is 0 Å². The molecule has 0 saturated carbocycles. The number of carbonyl (C=O) groups is 1. The summed E-state index contributed by atoms with van der Waals surface area (Å²) in [5, 5.41) is 2.79. The maximum Gasteiger partial charge on any atom is 0.407 e. The number of carbonyl (C=O) groups excluding carboxylic acids is 1. The van der Waals surface area contributed by atoms with E-state index in [9.17, 15) is 4.79 Å². The van der Waals surface area contributed by atoms with Gasteiger partial charge in [-0.25, -0.2) is 4.79 Å². The third-order valence-corrected chi connectivity index (χ3v) is 2.64. The average molecular weight is 189 g/mol. The zero-order chi connectivity index (χ0) is 9.19. The van der Waals surface area contributed by atoms with Gasteiger partial charge >= 0.3 is 6.09 Å². The Morgan fingerprint density at radius 3 is 2.42 bits per heavy atom. The number of ether oxygens (including phenoxy) is 1. The number of alkyl carbamates (subject to hydrolysis) is 1. The summed E-state index contributed by atoms with van der Waals surface area (Å²) in [6, 6.07) is 0.324. The summed E-state index contributed by atoms with van der Waals surface area (Å²) < 4.78 is 5.08. The first kappa shape index (κ1) is 9.71. The number of hydrogen-bond donors (Lipinski definition) is 1. The maximum absolute atomic E-state index is 11.1. The van der Waals surface area contributed by atoms with Crippen LogP contribution in [0, 0.1) is 0 Å². The standard InChI is InChI=1S/C8H15NO2S/c1-8(2,3)11-7(10)9-6-4-12-5-6/h6H,4-5H2,1-3H3,(H,9,10). The second-order valence-corrected chi connectivity index (χ2v) is 4.96. The number of rotatable bonds is 1. The molecule has 1 rings (SSSR count).